The van der Waals surface area contributed by atoms with Gasteiger partial charge in [0.25, 0.3) is 0 Å². The summed E-state index contributed by atoms with van der Waals surface area (Å²) >= 11 is 1.86. The first-order valence-electron chi connectivity index (χ1n) is 18.4. The van der Waals surface area contributed by atoms with E-state index in [4.69, 9.17) is 0 Å². The highest BCUT2D eigenvalue weighted by Crippen LogP contribution is 2.48. The number of hydrogen-bond donors (Lipinski definition) is 0. The molecule has 0 bridgehead atoms. The second-order valence-corrected chi connectivity index (χ2v) is 14.8. The van der Waals surface area contributed by atoms with Crippen LogP contribution in [-0.2, 0) is 0 Å². The minimum atomic E-state index is 1.10. The van der Waals surface area contributed by atoms with Crippen molar-refractivity contribution in [3.63, 3.8) is 0 Å². The van der Waals surface area contributed by atoms with Gasteiger partial charge in [-0.15, -0.1) is 11.3 Å². The van der Waals surface area contributed by atoms with Gasteiger partial charge in [-0.3, -0.25) is 0 Å². The van der Waals surface area contributed by atoms with Crippen molar-refractivity contribution in [2.45, 2.75) is 0 Å². The zero-order valence-electron chi connectivity index (χ0n) is 29.6. The number of rotatable bonds is 7. The SMILES string of the molecule is c1ccc(-c2ccc(N(c3ccccc3-c3cccc(-c4cccc5ccccc45)c3)c3ccccc3-c3cccc4sc5ccccc5c34)cc2)cc1. The normalized spacial score (nSPS) is 11.3. The van der Waals surface area contributed by atoms with Crippen LogP contribution in [0.2, 0.25) is 0 Å². The summed E-state index contributed by atoms with van der Waals surface area (Å²) in [6.07, 6.45) is 0. The third-order valence-electron chi connectivity index (χ3n) is 10.5. The molecule has 1 nitrogen and oxygen atoms in total. The van der Waals surface area contributed by atoms with Gasteiger partial charge in [0.05, 0.1) is 11.4 Å². The lowest BCUT2D eigenvalue weighted by molar-refractivity contribution is 1.28. The number of anilines is 3. The van der Waals surface area contributed by atoms with Crippen molar-refractivity contribution in [3.05, 3.63) is 212 Å². The molecule has 0 radical (unpaired) electrons. The van der Waals surface area contributed by atoms with E-state index in [2.05, 4.69) is 217 Å². The summed E-state index contributed by atoms with van der Waals surface area (Å²) < 4.78 is 2.61. The van der Waals surface area contributed by atoms with Gasteiger partial charge in [0.1, 0.15) is 0 Å². The van der Waals surface area contributed by atoms with Crippen LogP contribution in [0, 0.1) is 0 Å². The van der Waals surface area contributed by atoms with Crippen LogP contribution < -0.4 is 4.90 Å². The van der Waals surface area contributed by atoms with Crippen molar-refractivity contribution in [1.82, 2.24) is 0 Å². The predicted molar refractivity (Wildman–Crippen MR) is 233 cm³/mol. The summed E-state index contributed by atoms with van der Waals surface area (Å²) in [5, 5.41) is 5.11. The molecule has 10 rings (SSSR count). The van der Waals surface area contributed by atoms with Gasteiger partial charge >= 0.3 is 0 Å². The summed E-state index contributed by atoms with van der Waals surface area (Å²) in [7, 11) is 0. The first kappa shape index (κ1) is 32.0. The fourth-order valence-corrected chi connectivity index (χ4v) is 9.11. The number of hydrogen-bond acceptors (Lipinski definition) is 2. The molecular weight excluding hydrogens is 671 g/mol. The topological polar surface area (TPSA) is 3.24 Å². The van der Waals surface area contributed by atoms with Crippen LogP contribution in [-0.4, -0.2) is 0 Å². The molecule has 0 atom stereocenters. The minimum absolute atomic E-state index is 1.10. The lowest BCUT2D eigenvalue weighted by Crippen LogP contribution is -2.12. The van der Waals surface area contributed by atoms with E-state index in [9.17, 15) is 0 Å². The summed E-state index contributed by atoms with van der Waals surface area (Å²) in [4.78, 5) is 2.46. The Balaban J connectivity index is 1.19. The van der Waals surface area contributed by atoms with Crippen molar-refractivity contribution >= 4 is 59.3 Å². The molecule has 0 amide bonds. The molecule has 0 saturated heterocycles. The van der Waals surface area contributed by atoms with Gasteiger partial charge in [-0.1, -0.05) is 170 Å². The average Bonchev–Trinajstić information content (AvgIpc) is 3.64. The quantitative estimate of drug-likeness (QED) is 0.160. The van der Waals surface area contributed by atoms with Crippen molar-refractivity contribution in [3.8, 4) is 44.5 Å². The second-order valence-electron chi connectivity index (χ2n) is 13.7. The maximum Gasteiger partial charge on any atom is 0.0540 e. The lowest BCUT2D eigenvalue weighted by Gasteiger charge is -2.30. The molecule has 0 spiro atoms. The molecule has 0 aliphatic rings. The minimum Gasteiger partial charge on any atom is -0.309 e. The van der Waals surface area contributed by atoms with Gasteiger partial charge < -0.3 is 4.90 Å². The Morgan fingerprint density at radius 3 is 1.67 bits per heavy atom. The number of para-hydroxylation sites is 2. The van der Waals surface area contributed by atoms with Crippen molar-refractivity contribution in [1.29, 1.82) is 0 Å². The van der Waals surface area contributed by atoms with Crippen LogP contribution in [0.15, 0.2) is 212 Å². The van der Waals surface area contributed by atoms with Crippen molar-refractivity contribution < 1.29 is 0 Å². The Morgan fingerprint density at radius 2 is 0.833 bits per heavy atom. The van der Waals surface area contributed by atoms with Gasteiger partial charge in [0.15, 0.2) is 0 Å². The third kappa shape index (κ3) is 5.65. The Labute approximate surface area is 319 Å². The number of benzene rings is 9. The number of thiophene rings is 1. The van der Waals surface area contributed by atoms with Gasteiger partial charge in [-0.25, -0.2) is 0 Å². The molecule has 54 heavy (non-hydrogen) atoms. The van der Waals surface area contributed by atoms with Gasteiger partial charge in [0, 0.05) is 37.0 Å². The molecule has 0 aliphatic carbocycles. The fourth-order valence-electron chi connectivity index (χ4n) is 7.98. The zero-order chi connectivity index (χ0) is 35.8. The maximum atomic E-state index is 2.46. The standard InChI is InChI=1S/C52H35NS/c1-2-15-36(16-3-1)37-31-33-41(34-32-37)53(49-28-10-7-23-45(49)46-26-14-30-51-52(46)47-24-8-11-29-50(47)54-51)48-27-9-6-22-44(48)40-20-12-19-39(35-40)43-25-13-18-38-17-4-5-21-42(38)43/h1-35H. The van der Waals surface area contributed by atoms with Crippen molar-refractivity contribution in [2.24, 2.45) is 0 Å². The van der Waals surface area contributed by atoms with E-state index in [0.29, 0.717) is 0 Å². The molecule has 2 heteroatoms. The number of fused-ring (bicyclic) bond motifs is 4. The Bertz CT molecular complexity index is 2930. The average molecular weight is 706 g/mol. The van der Waals surface area contributed by atoms with Gasteiger partial charge in [-0.2, -0.15) is 0 Å². The highest BCUT2D eigenvalue weighted by atomic mass is 32.1. The van der Waals surface area contributed by atoms with Gasteiger partial charge in [-0.05, 0) is 86.6 Å². The van der Waals surface area contributed by atoms with E-state index >= 15 is 0 Å². The molecule has 0 saturated carbocycles. The maximum absolute atomic E-state index is 2.46. The molecule has 10 aromatic rings. The Morgan fingerprint density at radius 1 is 0.315 bits per heavy atom. The van der Waals surface area contributed by atoms with E-state index in [0.717, 1.165) is 17.1 Å². The molecule has 9 aromatic carbocycles. The second kappa shape index (κ2) is 13.7. The smallest absolute Gasteiger partial charge is 0.0540 e. The summed E-state index contributed by atoms with van der Waals surface area (Å²) in [5.41, 5.74) is 13.0. The van der Waals surface area contributed by atoms with E-state index in [1.165, 1.54) is 75.5 Å². The summed E-state index contributed by atoms with van der Waals surface area (Å²) in [5.74, 6) is 0. The monoisotopic (exact) mass is 705 g/mol. The molecular formula is C52H35NS. The highest BCUT2D eigenvalue weighted by molar-refractivity contribution is 7.25. The third-order valence-corrected chi connectivity index (χ3v) is 11.6. The molecule has 254 valence electrons. The van der Waals surface area contributed by atoms with Crippen LogP contribution >= 0.6 is 11.3 Å². The predicted octanol–water partition coefficient (Wildman–Crippen LogP) is 15.3. The lowest BCUT2D eigenvalue weighted by atomic mass is 9.93. The van der Waals surface area contributed by atoms with Crippen molar-refractivity contribution in [2.75, 3.05) is 4.90 Å². The first-order valence-corrected chi connectivity index (χ1v) is 19.2. The molecule has 0 aliphatic heterocycles. The molecule has 1 heterocycles. The molecule has 0 unspecified atom stereocenters. The summed E-state index contributed by atoms with van der Waals surface area (Å²) in [6.45, 7) is 0. The number of nitrogens with zero attached hydrogens (tertiary/aromatic N) is 1. The van der Waals surface area contributed by atoms with E-state index in [1.54, 1.807) is 0 Å². The van der Waals surface area contributed by atoms with E-state index in [1.807, 2.05) is 11.3 Å². The Kier molecular flexibility index (Phi) is 8.09. The van der Waals surface area contributed by atoms with E-state index < -0.39 is 0 Å². The highest BCUT2D eigenvalue weighted by Gasteiger charge is 2.22. The zero-order valence-corrected chi connectivity index (χ0v) is 30.4. The molecule has 0 N–H and O–H groups in total. The largest absolute Gasteiger partial charge is 0.309 e. The van der Waals surface area contributed by atoms with Crippen LogP contribution in [0.4, 0.5) is 17.1 Å². The molecule has 0 fully saturated rings. The van der Waals surface area contributed by atoms with Crippen LogP contribution in [0.1, 0.15) is 0 Å². The van der Waals surface area contributed by atoms with Crippen LogP contribution in [0.25, 0.3) is 75.5 Å². The Hall–Kier alpha value is -6.74. The first-order chi connectivity index (χ1) is 26.8. The van der Waals surface area contributed by atoms with Crippen LogP contribution in [0.3, 0.4) is 0 Å². The summed E-state index contributed by atoms with van der Waals surface area (Å²) in [6, 6.07) is 77.2. The van der Waals surface area contributed by atoms with E-state index in [-0.39, 0.29) is 0 Å². The molecule has 1 aromatic heterocycles. The van der Waals surface area contributed by atoms with Crippen LogP contribution in [0.5, 0.6) is 0 Å². The fraction of sp³-hybridized carbons (Fsp3) is 0. The van der Waals surface area contributed by atoms with Gasteiger partial charge in [0.2, 0.25) is 0 Å².